The van der Waals surface area contributed by atoms with Gasteiger partial charge in [-0.25, -0.2) is 14.4 Å². The van der Waals surface area contributed by atoms with Gasteiger partial charge < -0.3 is 28.8 Å². The summed E-state index contributed by atoms with van der Waals surface area (Å²) in [6.07, 6.45) is 9.75. The van der Waals surface area contributed by atoms with E-state index < -0.39 is 18.5 Å². The van der Waals surface area contributed by atoms with E-state index in [0.717, 1.165) is 61.6 Å². The highest BCUT2D eigenvalue weighted by Crippen LogP contribution is 2.46. The van der Waals surface area contributed by atoms with Crippen LogP contribution in [0.4, 0.5) is 0 Å². The first-order chi connectivity index (χ1) is 23.6. The second-order valence-corrected chi connectivity index (χ2v) is 13.2. The van der Waals surface area contributed by atoms with Crippen molar-refractivity contribution in [1.29, 1.82) is 0 Å². The first-order valence-electron chi connectivity index (χ1n) is 17.1. The van der Waals surface area contributed by atoms with Gasteiger partial charge in [-0.15, -0.1) is 0 Å². The molecule has 0 unspecified atom stereocenters. The predicted octanol–water partition coefficient (Wildman–Crippen LogP) is 7.13. The molecule has 0 aliphatic heterocycles. The van der Waals surface area contributed by atoms with Crippen LogP contribution in [0.3, 0.4) is 0 Å². The summed E-state index contributed by atoms with van der Waals surface area (Å²) in [6, 6.07) is 13.0. The molecule has 2 aromatic rings. The molecule has 0 bridgehead atoms. The van der Waals surface area contributed by atoms with Crippen LogP contribution in [-0.2, 0) is 28.6 Å². The highest BCUT2D eigenvalue weighted by atomic mass is 16.5. The Hall–Kier alpha value is -4.05. The number of aliphatic hydroxyl groups excluding tert-OH is 1. The van der Waals surface area contributed by atoms with E-state index in [2.05, 4.69) is 25.8 Å². The smallest absolute Gasteiger partial charge is 0.341 e. The number of carbonyl (C=O) groups excluding carboxylic acids is 3. The Morgan fingerprint density at radius 3 is 1.84 bits per heavy atom. The fraction of sp³-hybridized carbons (Fsp3) is 0.475. The van der Waals surface area contributed by atoms with Crippen LogP contribution in [0, 0.1) is 17.8 Å². The van der Waals surface area contributed by atoms with Crippen LogP contribution in [0.2, 0.25) is 0 Å². The molecule has 0 amide bonds. The van der Waals surface area contributed by atoms with Crippen molar-refractivity contribution in [3.05, 3.63) is 84.5 Å². The van der Waals surface area contributed by atoms with E-state index in [1.165, 1.54) is 27.1 Å². The Kier molecular flexibility index (Phi) is 14.4. The van der Waals surface area contributed by atoms with Crippen molar-refractivity contribution in [3.8, 4) is 22.6 Å². The van der Waals surface area contributed by atoms with Gasteiger partial charge >= 0.3 is 17.9 Å². The van der Waals surface area contributed by atoms with Crippen LogP contribution in [0.1, 0.15) is 69.3 Å². The number of ether oxygens (including phenoxy) is 5. The Morgan fingerprint density at radius 2 is 1.24 bits per heavy atom. The molecule has 0 atom stereocenters. The summed E-state index contributed by atoms with van der Waals surface area (Å²) in [5.74, 6) is 1.46. The molecule has 9 heteroatoms. The van der Waals surface area contributed by atoms with Crippen LogP contribution >= 0.6 is 0 Å². The van der Waals surface area contributed by atoms with Gasteiger partial charge in [0.25, 0.3) is 0 Å². The van der Waals surface area contributed by atoms with E-state index in [4.69, 9.17) is 23.7 Å². The minimum absolute atomic E-state index is 0.00219. The summed E-state index contributed by atoms with van der Waals surface area (Å²) in [4.78, 5) is 36.8. The molecule has 1 N–H and O–H groups in total. The van der Waals surface area contributed by atoms with Gasteiger partial charge in [0.05, 0.1) is 43.1 Å². The number of aliphatic hydroxyl groups is 1. The van der Waals surface area contributed by atoms with Crippen LogP contribution in [0.25, 0.3) is 11.1 Å². The molecule has 0 aromatic heterocycles. The van der Waals surface area contributed by atoms with Gasteiger partial charge in [-0.2, -0.15) is 0 Å². The maximum Gasteiger partial charge on any atom is 0.341 e. The number of rotatable bonds is 16. The van der Waals surface area contributed by atoms with Gasteiger partial charge in [0, 0.05) is 14.2 Å². The zero-order valence-electron chi connectivity index (χ0n) is 28.9. The van der Waals surface area contributed by atoms with Gasteiger partial charge in [-0.05, 0) is 110 Å². The zero-order valence-corrected chi connectivity index (χ0v) is 28.9. The monoisotopic (exact) mass is 674 g/mol. The lowest BCUT2D eigenvalue weighted by Crippen LogP contribution is -2.26. The SMILES string of the molecule is C=C(COC)C(=O)OCCC1CCC(C2CCC(c3cc(-c4ccc(OC(=O)C(=C)COC)cc4)ccc3OC(=O)C(=C)CO)CC2)CC1. The summed E-state index contributed by atoms with van der Waals surface area (Å²) >= 11 is 0. The molecule has 2 aliphatic carbocycles. The van der Waals surface area contributed by atoms with Gasteiger partial charge in [0.1, 0.15) is 11.5 Å². The second kappa shape index (κ2) is 18.6. The lowest BCUT2D eigenvalue weighted by molar-refractivity contribution is -0.140. The van der Waals surface area contributed by atoms with Crippen molar-refractivity contribution in [2.24, 2.45) is 17.8 Å². The standard InChI is InChI=1S/C40H50O9/c1-26(23-41)39(43)49-37-19-16-34(32-14-17-35(18-15-32)48-40(44)28(3)25-46-5)22-36(37)33-12-10-31(11-13-33)30-8-6-29(7-9-30)20-21-47-38(42)27(2)24-45-4/h14-19,22,29-31,33,41H,1-3,6-13,20-21,23-25H2,4-5H3. The van der Waals surface area contributed by atoms with Gasteiger partial charge in [-0.1, -0.05) is 50.8 Å². The van der Waals surface area contributed by atoms with Gasteiger partial charge in [0.2, 0.25) is 0 Å². The third-order valence-corrected chi connectivity index (χ3v) is 9.83. The zero-order chi connectivity index (χ0) is 35.3. The van der Waals surface area contributed by atoms with E-state index in [1.807, 2.05) is 24.3 Å². The molecule has 264 valence electrons. The van der Waals surface area contributed by atoms with Crippen LogP contribution < -0.4 is 9.47 Å². The first kappa shape index (κ1) is 37.8. The summed E-state index contributed by atoms with van der Waals surface area (Å²) in [5, 5.41) is 9.43. The molecular weight excluding hydrogens is 624 g/mol. The van der Waals surface area contributed by atoms with E-state index in [0.29, 0.717) is 41.4 Å². The van der Waals surface area contributed by atoms with Crippen molar-refractivity contribution in [2.75, 3.05) is 40.6 Å². The maximum atomic E-state index is 12.6. The molecule has 0 saturated heterocycles. The highest BCUT2D eigenvalue weighted by Gasteiger charge is 2.32. The van der Waals surface area contributed by atoms with Crippen LogP contribution in [-0.4, -0.2) is 63.7 Å². The molecule has 9 nitrogen and oxygen atoms in total. The summed E-state index contributed by atoms with van der Waals surface area (Å²) in [6.45, 7) is 11.3. The van der Waals surface area contributed by atoms with Crippen LogP contribution in [0.5, 0.6) is 11.5 Å². The van der Waals surface area contributed by atoms with Crippen molar-refractivity contribution >= 4 is 17.9 Å². The normalized spacial score (nSPS) is 20.6. The van der Waals surface area contributed by atoms with Crippen molar-refractivity contribution in [2.45, 2.75) is 63.7 Å². The maximum absolute atomic E-state index is 12.6. The van der Waals surface area contributed by atoms with Crippen molar-refractivity contribution in [3.63, 3.8) is 0 Å². The van der Waals surface area contributed by atoms with E-state index in [1.54, 1.807) is 12.1 Å². The molecule has 4 rings (SSSR count). The molecule has 2 fully saturated rings. The first-order valence-corrected chi connectivity index (χ1v) is 17.1. The highest BCUT2D eigenvalue weighted by molar-refractivity contribution is 5.90. The Labute approximate surface area is 289 Å². The predicted molar refractivity (Wildman–Crippen MR) is 187 cm³/mol. The Morgan fingerprint density at radius 1 is 0.694 bits per heavy atom. The Balaban J connectivity index is 1.37. The quantitative estimate of drug-likeness (QED) is 0.113. The lowest BCUT2D eigenvalue weighted by atomic mass is 9.68. The topological polar surface area (TPSA) is 118 Å². The van der Waals surface area contributed by atoms with E-state index in [9.17, 15) is 19.5 Å². The average molecular weight is 675 g/mol. The molecule has 2 aromatic carbocycles. The molecule has 2 aliphatic rings. The third kappa shape index (κ3) is 10.7. The third-order valence-electron chi connectivity index (χ3n) is 9.83. The number of benzene rings is 2. The minimum atomic E-state index is -0.641. The van der Waals surface area contributed by atoms with E-state index in [-0.39, 0.29) is 36.2 Å². The van der Waals surface area contributed by atoms with Crippen LogP contribution in [0.15, 0.2) is 78.9 Å². The number of esters is 3. The average Bonchev–Trinajstić information content (AvgIpc) is 3.12. The molecule has 2 saturated carbocycles. The molecular formula is C40H50O9. The van der Waals surface area contributed by atoms with Crippen molar-refractivity contribution in [1.82, 2.24) is 0 Å². The second-order valence-electron chi connectivity index (χ2n) is 13.2. The lowest BCUT2D eigenvalue weighted by Gasteiger charge is -2.38. The molecule has 0 spiro atoms. The minimum Gasteiger partial charge on any atom is -0.462 e. The fourth-order valence-corrected chi connectivity index (χ4v) is 7.01. The largest absolute Gasteiger partial charge is 0.462 e. The Bertz CT molecular complexity index is 1480. The van der Waals surface area contributed by atoms with Gasteiger partial charge in [-0.3, -0.25) is 0 Å². The summed E-state index contributed by atoms with van der Waals surface area (Å²) < 4.78 is 26.5. The summed E-state index contributed by atoms with van der Waals surface area (Å²) in [7, 11) is 3.02. The molecule has 0 radical (unpaired) electrons. The number of hydrogen-bond acceptors (Lipinski definition) is 9. The van der Waals surface area contributed by atoms with Crippen molar-refractivity contribution < 1.29 is 43.2 Å². The molecule has 0 heterocycles. The number of carbonyl (C=O) groups is 3. The summed E-state index contributed by atoms with van der Waals surface area (Å²) in [5.41, 5.74) is 3.42. The number of methoxy groups -OCH3 is 2. The molecule has 49 heavy (non-hydrogen) atoms. The number of hydrogen-bond donors (Lipinski definition) is 1. The fourth-order valence-electron chi connectivity index (χ4n) is 7.01. The van der Waals surface area contributed by atoms with E-state index >= 15 is 0 Å². The van der Waals surface area contributed by atoms with Gasteiger partial charge in [0.15, 0.2) is 0 Å².